The Morgan fingerprint density at radius 3 is 2.30 bits per heavy atom. The maximum Gasteiger partial charge on any atom is 0.321 e. The smallest absolute Gasteiger partial charge is 0.321 e. The molecule has 2 amide bonds. The summed E-state index contributed by atoms with van der Waals surface area (Å²) in [6.07, 6.45) is 0.363. The van der Waals surface area contributed by atoms with E-state index in [4.69, 9.17) is 39.9 Å². The molecule has 0 fully saturated rings. The molecular formula is C12H13Cl3N2O3. The zero-order chi connectivity index (χ0) is 15.3. The fourth-order valence-corrected chi connectivity index (χ4v) is 2.34. The predicted octanol–water partition coefficient (Wildman–Crippen LogP) is 3.98. The van der Waals surface area contributed by atoms with E-state index in [1.165, 1.54) is 17.0 Å². The van der Waals surface area contributed by atoms with E-state index in [0.29, 0.717) is 18.0 Å². The van der Waals surface area contributed by atoms with Crippen molar-refractivity contribution in [2.75, 3.05) is 18.9 Å². The number of halogens is 3. The lowest BCUT2D eigenvalue weighted by atomic mass is 10.3. The molecule has 110 valence electrons. The first kappa shape index (κ1) is 16.9. The molecule has 0 heterocycles. The second-order valence-corrected chi connectivity index (χ2v) is 5.34. The maximum atomic E-state index is 11.9. The largest absolute Gasteiger partial charge is 0.481 e. The number of anilines is 1. The number of carboxylic acids is 1. The molecule has 1 aromatic carbocycles. The third kappa shape index (κ3) is 5.07. The summed E-state index contributed by atoms with van der Waals surface area (Å²) in [5.74, 6) is -0.900. The van der Waals surface area contributed by atoms with Gasteiger partial charge in [-0.1, -0.05) is 34.8 Å². The highest BCUT2D eigenvalue weighted by Gasteiger charge is 2.14. The normalized spacial score (nSPS) is 10.2. The number of carboxylic acid groups (broad SMARTS) is 1. The Morgan fingerprint density at radius 2 is 1.80 bits per heavy atom. The zero-order valence-electron chi connectivity index (χ0n) is 10.6. The molecule has 0 aromatic heterocycles. The molecule has 0 radical (unpaired) electrons. The van der Waals surface area contributed by atoms with Crippen LogP contribution in [0.25, 0.3) is 0 Å². The maximum absolute atomic E-state index is 11.9. The van der Waals surface area contributed by atoms with Crippen molar-refractivity contribution in [3.8, 4) is 0 Å². The predicted molar refractivity (Wildman–Crippen MR) is 80.0 cm³/mol. The van der Waals surface area contributed by atoms with Crippen molar-refractivity contribution in [1.82, 2.24) is 4.90 Å². The van der Waals surface area contributed by atoms with E-state index in [1.807, 2.05) is 0 Å². The first-order valence-corrected chi connectivity index (χ1v) is 6.83. The van der Waals surface area contributed by atoms with Gasteiger partial charge in [0.15, 0.2) is 0 Å². The van der Waals surface area contributed by atoms with Crippen LogP contribution in [0.1, 0.15) is 12.8 Å². The van der Waals surface area contributed by atoms with Gasteiger partial charge in [0, 0.05) is 25.0 Å². The number of carbonyl (C=O) groups is 2. The van der Waals surface area contributed by atoms with Crippen molar-refractivity contribution < 1.29 is 14.7 Å². The third-order valence-corrected chi connectivity index (χ3v) is 3.28. The molecule has 0 aliphatic rings. The average Bonchev–Trinajstić information content (AvgIpc) is 2.32. The highest BCUT2D eigenvalue weighted by atomic mass is 35.5. The van der Waals surface area contributed by atoms with Crippen molar-refractivity contribution in [1.29, 1.82) is 0 Å². The van der Waals surface area contributed by atoms with E-state index in [9.17, 15) is 9.59 Å². The molecule has 0 spiro atoms. The van der Waals surface area contributed by atoms with Crippen molar-refractivity contribution >= 4 is 52.5 Å². The summed E-state index contributed by atoms with van der Waals surface area (Å²) < 4.78 is 0. The van der Waals surface area contributed by atoms with Crippen LogP contribution < -0.4 is 5.32 Å². The summed E-state index contributed by atoms with van der Waals surface area (Å²) in [7, 11) is 1.55. The molecule has 1 rings (SSSR count). The molecule has 2 N–H and O–H groups in total. The number of hydrogen-bond acceptors (Lipinski definition) is 2. The Kier molecular flexibility index (Phi) is 6.39. The van der Waals surface area contributed by atoms with Crippen LogP contribution in [-0.4, -0.2) is 35.6 Å². The molecule has 0 unspecified atom stereocenters. The Balaban J connectivity index is 2.64. The molecule has 0 saturated carbocycles. The van der Waals surface area contributed by atoms with Gasteiger partial charge in [-0.15, -0.1) is 0 Å². The third-order valence-electron chi connectivity index (χ3n) is 2.47. The lowest BCUT2D eigenvalue weighted by Crippen LogP contribution is -2.32. The quantitative estimate of drug-likeness (QED) is 0.852. The van der Waals surface area contributed by atoms with Crippen molar-refractivity contribution in [2.45, 2.75) is 12.8 Å². The Labute approximate surface area is 131 Å². The second-order valence-electron chi connectivity index (χ2n) is 4.09. The van der Waals surface area contributed by atoms with E-state index in [1.54, 1.807) is 7.05 Å². The Morgan fingerprint density at radius 1 is 1.25 bits per heavy atom. The number of aliphatic carboxylic acids is 1. The summed E-state index contributed by atoms with van der Waals surface area (Å²) in [5.41, 5.74) is 0.271. The summed E-state index contributed by atoms with van der Waals surface area (Å²) in [5, 5.41) is 11.9. The minimum atomic E-state index is -0.900. The monoisotopic (exact) mass is 338 g/mol. The summed E-state index contributed by atoms with van der Waals surface area (Å²) in [4.78, 5) is 23.6. The van der Waals surface area contributed by atoms with Gasteiger partial charge in [-0.05, 0) is 18.6 Å². The van der Waals surface area contributed by atoms with Gasteiger partial charge in [-0.25, -0.2) is 4.79 Å². The van der Waals surface area contributed by atoms with Gasteiger partial charge in [-0.2, -0.15) is 0 Å². The van der Waals surface area contributed by atoms with Crippen molar-refractivity contribution in [2.24, 2.45) is 0 Å². The van der Waals surface area contributed by atoms with Crippen LogP contribution >= 0.6 is 34.8 Å². The number of carbonyl (C=O) groups excluding carboxylic acids is 1. The lowest BCUT2D eigenvalue weighted by molar-refractivity contribution is -0.137. The Bertz CT molecular complexity index is 500. The van der Waals surface area contributed by atoms with Crippen LogP contribution in [0.3, 0.4) is 0 Å². The number of benzene rings is 1. The van der Waals surface area contributed by atoms with Gasteiger partial charge < -0.3 is 15.3 Å². The van der Waals surface area contributed by atoms with Crippen LogP contribution in [0.5, 0.6) is 0 Å². The molecule has 1 aromatic rings. The van der Waals surface area contributed by atoms with Gasteiger partial charge in [0.1, 0.15) is 0 Å². The van der Waals surface area contributed by atoms with Crippen LogP contribution in [0.2, 0.25) is 15.1 Å². The zero-order valence-corrected chi connectivity index (χ0v) is 12.9. The van der Waals surface area contributed by atoms with Crippen molar-refractivity contribution in [3.63, 3.8) is 0 Å². The molecule has 0 bridgehead atoms. The first-order valence-electron chi connectivity index (χ1n) is 5.69. The molecular weight excluding hydrogens is 327 g/mol. The summed E-state index contributed by atoms with van der Waals surface area (Å²) in [6, 6.07) is 2.51. The molecule has 0 saturated heterocycles. The first-order chi connectivity index (χ1) is 9.31. The minimum absolute atomic E-state index is 0.0000767. The van der Waals surface area contributed by atoms with Crippen molar-refractivity contribution in [3.05, 3.63) is 27.2 Å². The number of nitrogens with zero attached hydrogens (tertiary/aromatic N) is 1. The van der Waals surface area contributed by atoms with Gasteiger partial charge >= 0.3 is 12.0 Å². The van der Waals surface area contributed by atoms with Gasteiger partial charge in [-0.3, -0.25) is 4.79 Å². The van der Waals surface area contributed by atoms with Gasteiger partial charge in [0.05, 0.1) is 15.7 Å². The Hall–Kier alpha value is -1.17. The number of urea groups is 1. The van der Waals surface area contributed by atoms with E-state index in [-0.39, 0.29) is 22.2 Å². The van der Waals surface area contributed by atoms with Gasteiger partial charge in [0.2, 0.25) is 0 Å². The summed E-state index contributed by atoms with van der Waals surface area (Å²) >= 11 is 17.7. The molecule has 20 heavy (non-hydrogen) atoms. The molecule has 0 aliphatic heterocycles. The minimum Gasteiger partial charge on any atom is -0.481 e. The van der Waals surface area contributed by atoms with E-state index >= 15 is 0 Å². The molecule has 5 nitrogen and oxygen atoms in total. The van der Waals surface area contributed by atoms with E-state index in [2.05, 4.69) is 5.32 Å². The molecule has 0 aliphatic carbocycles. The topological polar surface area (TPSA) is 69.6 Å². The fourth-order valence-electron chi connectivity index (χ4n) is 1.43. The summed E-state index contributed by atoms with van der Waals surface area (Å²) in [6.45, 7) is 0.307. The lowest BCUT2D eigenvalue weighted by Gasteiger charge is -2.18. The van der Waals surface area contributed by atoms with Gasteiger partial charge in [0.25, 0.3) is 0 Å². The SMILES string of the molecule is CN(CCCC(=O)O)C(=O)Nc1c(Cl)cc(Cl)cc1Cl. The van der Waals surface area contributed by atoms with Crippen LogP contribution in [0.15, 0.2) is 12.1 Å². The molecule has 0 atom stereocenters. The number of nitrogens with one attached hydrogen (secondary N) is 1. The second kappa shape index (κ2) is 7.57. The van der Waals surface area contributed by atoms with Crippen LogP contribution in [0, 0.1) is 0 Å². The average molecular weight is 340 g/mol. The highest BCUT2D eigenvalue weighted by Crippen LogP contribution is 2.33. The van der Waals surface area contributed by atoms with E-state index in [0.717, 1.165) is 0 Å². The number of rotatable bonds is 5. The van der Waals surface area contributed by atoms with E-state index < -0.39 is 12.0 Å². The fraction of sp³-hybridized carbons (Fsp3) is 0.333. The van der Waals surface area contributed by atoms with Crippen LogP contribution in [0.4, 0.5) is 10.5 Å². The number of amides is 2. The standard InChI is InChI=1S/C12H13Cl3N2O3/c1-17(4-2-3-10(18)19)12(20)16-11-8(14)5-7(13)6-9(11)15/h5-6H,2-4H2,1H3,(H,16,20)(H,18,19). The van der Waals surface area contributed by atoms with Crippen LogP contribution in [-0.2, 0) is 4.79 Å². The molecule has 8 heteroatoms. The highest BCUT2D eigenvalue weighted by molar-refractivity contribution is 6.42. The number of hydrogen-bond donors (Lipinski definition) is 2.